The lowest BCUT2D eigenvalue weighted by Crippen LogP contribution is -2.52. The number of phenolic OH excluding ortho intramolecular Hbond substituents is 1. The van der Waals surface area contributed by atoms with Crippen LogP contribution in [0.1, 0.15) is 25.8 Å². The van der Waals surface area contributed by atoms with Crippen molar-refractivity contribution < 1.29 is 28.6 Å². The van der Waals surface area contributed by atoms with Crippen molar-refractivity contribution in [2.75, 3.05) is 24.7 Å². The molecule has 0 saturated heterocycles. The zero-order valence-electron chi connectivity index (χ0n) is 20.5. The second-order valence-corrected chi connectivity index (χ2v) is 10.8. The number of rotatable bonds is 12. The van der Waals surface area contributed by atoms with Gasteiger partial charge in [0.2, 0.25) is 5.91 Å². The highest BCUT2D eigenvalue weighted by Gasteiger charge is 2.32. The number of hydrogen-bond acceptors (Lipinski definition) is 6. The minimum atomic E-state index is -3.79. The van der Waals surface area contributed by atoms with Gasteiger partial charge in [-0.1, -0.05) is 61.5 Å². The molecule has 0 fully saturated rings. The van der Waals surface area contributed by atoms with Crippen molar-refractivity contribution in [2.24, 2.45) is 5.73 Å². The Labute approximate surface area is 211 Å². The number of ether oxygens (including phenoxy) is 1. The fourth-order valence-corrected chi connectivity index (χ4v) is 4.58. The molecule has 5 N–H and O–H groups in total. The molecule has 0 saturated carbocycles. The lowest BCUT2D eigenvalue weighted by atomic mass is 10.0. The molecule has 0 radical (unpaired) electrons. The Hall–Kier alpha value is -3.16. The van der Waals surface area contributed by atoms with Gasteiger partial charge in [-0.25, -0.2) is 0 Å². The van der Waals surface area contributed by atoms with Crippen LogP contribution in [0.3, 0.4) is 0 Å². The van der Waals surface area contributed by atoms with Crippen LogP contribution >= 0.6 is 7.60 Å². The molecule has 0 aliphatic heterocycles. The molecule has 36 heavy (non-hydrogen) atoms. The summed E-state index contributed by atoms with van der Waals surface area (Å²) in [5.74, 6) is -0.468. The quantitative estimate of drug-likeness (QED) is 0.253. The minimum absolute atomic E-state index is 0.0149. The molecule has 1 unspecified atom stereocenters. The van der Waals surface area contributed by atoms with Crippen molar-refractivity contribution in [3.05, 3.63) is 78.4 Å². The van der Waals surface area contributed by atoms with E-state index in [1.807, 2.05) is 18.2 Å². The number of aromatic hydroxyl groups is 1. The van der Waals surface area contributed by atoms with Gasteiger partial charge in [0.25, 0.3) is 0 Å². The van der Waals surface area contributed by atoms with E-state index in [9.17, 15) is 19.4 Å². The van der Waals surface area contributed by atoms with E-state index in [-0.39, 0.29) is 17.7 Å². The smallest absolute Gasteiger partial charge is 0.328 e. The first-order valence-corrected chi connectivity index (χ1v) is 13.5. The molecule has 3 aromatic rings. The average molecular weight is 513 g/mol. The number of nitrogens with one attached hydrogen (secondary N) is 1. The van der Waals surface area contributed by atoms with Gasteiger partial charge in [-0.05, 0) is 42.2 Å². The standard InChI is InChI=1S/C27H33N2O6P/c1-3-17-36(32,33)35-19-27(2,28)26(31)29-23-13-14-25(24(30)18-23)34-16-15-20-9-11-22(12-10-20)21-7-5-4-6-8-21/h4-14,18,30H,3,15-17,19,28H2,1-2H3,(H,29,31)(H,32,33)/t27-/m0/s1. The third kappa shape index (κ3) is 7.93. The number of anilines is 1. The summed E-state index contributed by atoms with van der Waals surface area (Å²) in [6.07, 6.45) is 1.11. The summed E-state index contributed by atoms with van der Waals surface area (Å²) < 4.78 is 22.6. The number of nitrogens with two attached hydrogens (primary N) is 1. The van der Waals surface area contributed by atoms with Gasteiger partial charge in [0, 0.05) is 24.3 Å². The van der Waals surface area contributed by atoms with Crippen LogP contribution in [0.2, 0.25) is 0 Å². The van der Waals surface area contributed by atoms with Crippen LogP contribution in [0.25, 0.3) is 11.1 Å². The van der Waals surface area contributed by atoms with Gasteiger partial charge in [0.05, 0.1) is 13.2 Å². The molecule has 0 bridgehead atoms. The summed E-state index contributed by atoms with van der Waals surface area (Å²) in [4.78, 5) is 22.3. The van der Waals surface area contributed by atoms with Crippen LogP contribution in [0, 0.1) is 0 Å². The third-order valence-corrected chi connectivity index (χ3v) is 7.06. The Morgan fingerprint density at radius 2 is 1.72 bits per heavy atom. The van der Waals surface area contributed by atoms with E-state index in [0.717, 1.165) is 16.7 Å². The molecule has 1 amide bonds. The number of phenols is 1. The van der Waals surface area contributed by atoms with Crippen LogP contribution in [-0.4, -0.2) is 40.8 Å². The first kappa shape index (κ1) is 27.4. The fraction of sp³-hybridized carbons (Fsp3) is 0.296. The van der Waals surface area contributed by atoms with Gasteiger partial charge < -0.3 is 30.3 Å². The Morgan fingerprint density at radius 1 is 1.06 bits per heavy atom. The zero-order valence-corrected chi connectivity index (χ0v) is 21.4. The first-order valence-electron chi connectivity index (χ1n) is 11.8. The van der Waals surface area contributed by atoms with Gasteiger partial charge in [0.1, 0.15) is 5.54 Å². The summed E-state index contributed by atoms with van der Waals surface area (Å²) >= 11 is 0. The van der Waals surface area contributed by atoms with E-state index in [1.54, 1.807) is 19.1 Å². The fourth-order valence-electron chi connectivity index (χ4n) is 3.41. The molecule has 0 aliphatic rings. The molecule has 3 aromatic carbocycles. The van der Waals surface area contributed by atoms with Crippen molar-refractivity contribution in [2.45, 2.75) is 32.2 Å². The van der Waals surface area contributed by atoms with E-state index in [1.165, 1.54) is 13.0 Å². The van der Waals surface area contributed by atoms with Gasteiger partial charge in [0.15, 0.2) is 11.5 Å². The summed E-state index contributed by atoms with van der Waals surface area (Å²) in [6, 6.07) is 22.9. The molecule has 0 heterocycles. The lowest BCUT2D eigenvalue weighted by Gasteiger charge is -2.24. The van der Waals surface area contributed by atoms with Crippen LogP contribution in [0.15, 0.2) is 72.8 Å². The molecule has 192 valence electrons. The summed E-state index contributed by atoms with van der Waals surface area (Å²) in [5.41, 5.74) is 8.15. The Balaban J connectivity index is 1.51. The van der Waals surface area contributed by atoms with Crippen LogP contribution < -0.4 is 15.8 Å². The van der Waals surface area contributed by atoms with Crippen molar-refractivity contribution >= 4 is 19.2 Å². The van der Waals surface area contributed by atoms with Crippen LogP contribution in [0.5, 0.6) is 11.5 Å². The normalized spacial score (nSPS) is 14.4. The molecular formula is C27H33N2O6P. The predicted octanol–water partition coefficient (Wildman–Crippen LogP) is 4.95. The Bertz CT molecular complexity index is 1200. The second kappa shape index (κ2) is 12.2. The van der Waals surface area contributed by atoms with E-state index in [0.29, 0.717) is 25.1 Å². The SMILES string of the molecule is CCCP(=O)(O)OC[C@](C)(N)C(=O)Nc1ccc(OCCc2ccc(-c3ccccc3)cc2)c(O)c1. The zero-order chi connectivity index (χ0) is 26.2. The van der Waals surface area contributed by atoms with E-state index in [2.05, 4.69) is 41.7 Å². The molecule has 3 rings (SSSR count). The summed E-state index contributed by atoms with van der Waals surface area (Å²) in [7, 11) is -3.79. The Kier molecular flexibility index (Phi) is 9.29. The first-order chi connectivity index (χ1) is 17.1. The highest BCUT2D eigenvalue weighted by atomic mass is 31.2. The predicted molar refractivity (Wildman–Crippen MR) is 141 cm³/mol. The number of amides is 1. The van der Waals surface area contributed by atoms with Crippen LogP contribution in [0.4, 0.5) is 5.69 Å². The maximum absolute atomic E-state index is 12.5. The van der Waals surface area contributed by atoms with E-state index < -0.39 is 25.6 Å². The topological polar surface area (TPSA) is 131 Å². The summed E-state index contributed by atoms with van der Waals surface area (Å²) in [6.45, 7) is 3.09. The molecule has 0 aliphatic carbocycles. The number of hydrogen-bond donors (Lipinski definition) is 4. The second-order valence-electron chi connectivity index (χ2n) is 8.85. The minimum Gasteiger partial charge on any atom is -0.504 e. The number of carbonyl (C=O) groups is 1. The van der Waals surface area contributed by atoms with Crippen molar-refractivity contribution in [3.63, 3.8) is 0 Å². The van der Waals surface area contributed by atoms with Gasteiger partial charge >= 0.3 is 7.60 Å². The average Bonchev–Trinajstić information content (AvgIpc) is 2.85. The molecule has 2 atom stereocenters. The van der Waals surface area contributed by atoms with Gasteiger partial charge in [-0.2, -0.15) is 0 Å². The van der Waals surface area contributed by atoms with Crippen molar-refractivity contribution in [1.29, 1.82) is 0 Å². The van der Waals surface area contributed by atoms with Gasteiger partial charge in [-0.15, -0.1) is 0 Å². The molecule has 0 aromatic heterocycles. The lowest BCUT2D eigenvalue weighted by molar-refractivity contribution is -0.121. The van der Waals surface area contributed by atoms with Crippen molar-refractivity contribution in [3.8, 4) is 22.6 Å². The van der Waals surface area contributed by atoms with E-state index in [4.69, 9.17) is 15.0 Å². The highest BCUT2D eigenvalue weighted by Crippen LogP contribution is 2.42. The monoisotopic (exact) mass is 512 g/mol. The third-order valence-electron chi connectivity index (χ3n) is 5.52. The largest absolute Gasteiger partial charge is 0.504 e. The Morgan fingerprint density at radius 3 is 2.36 bits per heavy atom. The molecule has 8 nitrogen and oxygen atoms in total. The van der Waals surface area contributed by atoms with Crippen LogP contribution in [-0.2, 0) is 20.3 Å². The van der Waals surface area contributed by atoms with E-state index >= 15 is 0 Å². The maximum atomic E-state index is 12.5. The highest BCUT2D eigenvalue weighted by molar-refractivity contribution is 7.52. The molecular weight excluding hydrogens is 479 g/mol. The van der Waals surface area contributed by atoms with Crippen molar-refractivity contribution in [1.82, 2.24) is 0 Å². The van der Waals surface area contributed by atoms with Gasteiger partial charge in [-0.3, -0.25) is 9.36 Å². The summed E-state index contributed by atoms with van der Waals surface area (Å²) in [5, 5.41) is 12.9. The maximum Gasteiger partial charge on any atom is 0.328 e. The molecule has 9 heteroatoms. The molecule has 0 spiro atoms. The number of benzene rings is 3. The number of carbonyl (C=O) groups excluding carboxylic acids is 1.